The van der Waals surface area contributed by atoms with Gasteiger partial charge in [-0.15, -0.1) is 0 Å². The van der Waals surface area contributed by atoms with Crippen molar-refractivity contribution in [2.75, 3.05) is 20.2 Å². The van der Waals surface area contributed by atoms with Crippen molar-refractivity contribution in [2.45, 2.75) is 12.8 Å². The van der Waals surface area contributed by atoms with Gasteiger partial charge >= 0.3 is 0 Å². The van der Waals surface area contributed by atoms with E-state index < -0.39 is 0 Å². The van der Waals surface area contributed by atoms with Gasteiger partial charge in [0.25, 0.3) is 0 Å². The normalized spacial score (nSPS) is 10.1. The van der Waals surface area contributed by atoms with E-state index in [0.717, 1.165) is 22.2 Å². The molecule has 0 aliphatic rings. The van der Waals surface area contributed by atoms with Gasteiger partial charge in [0.15, 0.2) is 0 Å². The molecule has 1 rings (SSSR count). The van der Waals surface area contributed by atoms with E-state index in [0.29, 0.717) is 19.5 Å². The van der Waals surface area contributed by atoms with Crippen molar-refractivity contribution in [1.29, 1.82) is 0 Å². The Morgan fingerprint density at radius 2 is 2.29 bits per heavy atom. The number of hydrogen-bond donors (Lipinski definition) is 2. The van der Waals surface area contributed by atoms with Crippen molar-refractivity contribution >= 4 is 21.8 Å². The standard InChI is InChI=1S/C12H17BrN2O2/c1-17-11-3-2-9(8-10(11)13)5-7-15-12(16)4-6-14/h2-3,8H,4-7,14H2,1H3,(H,15,16). The summed E-state index contributed by atoms with van der Waals surface area (Å²) in [6.45, 7) is 1.01. The molecular weight excluding hydrogens is 284 g/mol. The Morgan fingerprint density at radius 1 is 1.53 bits per heavy atom. The Balaban J connectivity index is 2.42. The van der Waals surface area contributed by atoms with Gasteiger partial charge in [-0.25, -0.2) is 0 Å². The van der Waals surface area contributed by atoms with Crippen LogP contribution in [0.3, 0.4) is 0 Å². The summed E-state index contributed by atoms with van der Waals surface area (Å²) in [5.41, 5.74) is 6.43. The van der Waals surface area contributed by atoms with Gasteiger partial charge in [-0.05, 0) is 40.0 Å². The third-order valence-electron chi connectivity index (χ3n) is 2.32. The number of amides is 1. The molecule has 0 aliphatic carbocycles. The highest BCUT2D eigenvalue weighted by molar-refractivity contribution is 9.10. The third kappa shape index (κ3) is 4.75. The van der Waals surface area contributed by atoms with Crippen LogP contribution in [0, 0.1) is 0 Å². The monoisotopic (exact) mass is 300 g/mol. The largest absolute Gasteiger partial charge is 0.496 e. The summed E-state index contributed by atoms with van der Waals surface area (Å²) in [7, 11) is 1.63. The first kappa shape index (κ1) is 14.0. The lowest BCUT2D eigenvalue weighted by molar-refractivity contribution is -0.120. The molecule has 5 heteroatoms. The van der Waals surface area contributed by atoms with Crippen LogP contribution in [0.5, 0.6) is 5.75 Å². The number of methoxy groups -OCH3 is 1. The molecule has 1 amide bonds. The highest BCUT2D eigenvalue weighted by atomic mass is 79.9. The molecular formula is C12H17BrN2O2. The third-order valence-corrected chi connectivity index (χ3v) is 2.94. The Hall–Kier alpha value is -1.07. The van der Waals surface area contributed by atoms with Gasteiger partial charge in [-0.2, -0.15) is 0 Å². The van der Waals surface area contributed by atoms with Crippen molar-refractivity contribution < 1.29 is 9.53 Å². The molecule has 0 aromatic heterocycles. The average Bonchev–Trinajstić information content (AvgIpc) is 2.29. The van der Waals surface area contributed by atoms with Crippen molar-refractivity contribution in [1.82, 2.24) is 5.32 Å². The number of carbonyl (C=O) groups excluding carboxylic acids is 1. The Labute approximate surface area is 110 Å². The minimum Gasteiger partial charge on any atom is -0.496 e. The second-order valence-corrected chi connectivity index (χ2v) is 4.46. The van der Waals surface area contributed by atoms with Crippen LogP contribution in [0.2, 0.25) is 0 Å². The lowest BCUT2D eigenvalue weighted by Gasteiger charge is -2.07. The number of halogens is 1. The van der Waals surface area contributed by atoms with E-state index in [9.17, 15) is 4.79 Å². The van der Waals surface area contributed by atoms with Gasteiger partial charge in [0.05, 0.1) is 11.6 Å². The molecule has 94 valence electrons. The fourth-order valence-electron chi connectivity index (χ4n) is 1.43. The molecule has 3 N–H and O–H groups in total. The van der Waals surface area contributed by atoms with E-state index in [2.05, 4.69) is 21.2 Å². The van der Waals surface area contributed by atoms with Crippen molar-refractivity contribution in [3.8, 4) is 5.75 Å². The highest BCUT2D eigenvalue weighted by Crippen LogP contribution is 2.25. The lowest BCUT2D eigenvalue weighted by atomic mass is 10.1. The summed E-state index contributed by atoms with van der Waals surface area (Å²) in [4.78, 5) is 11.2. The van der Waals surface area contributed by atoms with Crippen LogP contribution in [0.25, 0.3) is 0 Å². The molecule has 1 aromatic carbocycles. The summed E-state index contributed by atoms with van der Waals surface area (Å²) in [5.74, 6) is 0.806. The number of carbonyl (C=O) groups is 1. The van der Waals surface area contributed by atoms with Gasteiger partial charge in [0.1, 0.15) is 5.75 Å². The van der Waals surface area contributed by atoms with Crippen LogP contribution in [0.4, 0.5) is 0 Å². The zero-order valence-corrected chi connectivity index (χ0v) is 11.4. The van der Waals surface area contributed by atoms with E-state index in [4.69, 9.17) is 10.5 Å². The second kappa shape index (κ2) is 7.29. The van der Waals surface area contributed by atoms with Crippen molar-refractivity contribution in [2.24, 2.45) is 5.73 Å². The average molecular weight is 301 g/mol. The number of nitrogens with two attached hydrogens (primary N) is 1. The van der Waals surface area contributed by atoms with Crippen LogP contribution in [-0.2, 0) is 11.2 Å². The van der Waals surface area contributed by atoms with E-state index in [-0.39, 0.29) is 5.91 Å². The van der Waals surface area contributed by atoms with E-state index >= 15 is 0 Å². The van der Waals surface area contributed by atoms with Crippen LogP contribution < -0.4 is 15.8 Å². The van der Waals surface area contributed by atoms with Gasteiger partial charge in [0.2, 0.25) is 5.91 Å². The van der Waals surface area contributed by atoms with Crippen LogP contribution in [0.1, 0.15) is 12.0 Å². The molecule has 0 spiro atoms. The molecule has 0 saturated carbocycles. The summed E-state index contributed by atoms with van der Waals surface area (Å²) in [6.07, 6.45) is 1.17. The predicted molar refractivity (Wildman–Crippen MR) is 71.1 cm³/mol. The highest BCUT2D eigenvalue weighted by Gasteiger charge is 2.02. The molecule has 0 radical (unpaired) electrons. The minimum atomic E-state index is 0.0000716. The van der Waals surface area contributed by atoms with Crippen molar-refractivity contribution in [3.63, 3.8) is 0 Å². The number of nitrogens with one attached hydrogen (secondary N) is 1. The fraction of sp³-hybridized carbons (Fsp3) is 0.417. The number of ether oxygens (including phenoxy) is 1. The zero-order valence-electron chi connectivity index (χ0n) is 9.83. The molecule has 0 atom stereocenters. The van der Waals surface area contributed by atoms with Crippen LogP contribution in [-0.4, -0.2) is 26.1 Å². The number of hydrogen-bond acceptors (Lipinski definition) is 3. The maximum atomic E-state index is 11.2. The molecule has 0 saturated heterocycles. The Morgan fingerprint density at radius 3 is 2.88 bits per heavy atom. The molecule has 0 unspecified atom stereocenters. The molecule has 0 heterocycles. The molecule has 17 heavy (non-hydrogen) atoms. The second-order valence-electron chi connectivity index (χ2n) is 3.61. The molecule has 0 bridgehead atoms. The summed E-state index contributed by atoms with van der Waals surface area (Å²) >= 11 is 3.42. The molecule has 1 aromatic rings. The SMILES string of the molecule is COc1ccc(CCNC(=O)CCN)cc1Br. The van der Waals surface area contributed by atoms with Gasteiger partial charge < -0.3 is 15.8 Å². The number of benzene rings is 1. The maximum absolute atomic E-state index is 11.2. The van der Waals surface area contributed by atoms with E-state index in [1.807, 2.05) is 18.2 Å². The molecule has 4 nitrogen and oxygen atoms in total. The summed E-state index contributed by atoms with van der Waals surface area (Å²) in [6, 6.07) is 5.88. The quantitative estimate of drug-likeness (QED) is 0.836. The molecule has 0 fully saturated rings. The summed E-state index contributed by atoms with van der Waals surface area (Å²) in [5, 5.41) is 2.81. The van der Waals surface area contributed by atoms with Crippen LogP contribution >= 0.6 is 15.9 Å². The minimum absolute atomic E-state index is 0.0000716. The Kier molecular flexibility index (Phi) is 6.00. The lowest BCUT2D eigenvalue weighted by Crippen LogP contribution is -2.27. The predicted octanol–water partition coefficient (Wildman–Crippen LogP) is 1.47. The maximum Gasteiger partial charge on any atom is 0.221 e. The van der Waals surface area contributed by atoms with E-state index in [1.54, 1.807) is 7.11 Å². The summed E-state index contributed by atoms with van der Waals surface area (Å²) < 4.78 is 6.07. The smallest absolute Gasteiger partial charge is 0.221 e. The van der Waals surface area contributed by atoms with Gasteiger partial charge in [-0.3, -0.25) is 4.79 Å². The zero-order chi connectivity index (χ0) is 12.7. The fourth-order valence-corrected chi connectivity index (χ4v) is 2.02. The first-order valence-corrected chi connectivity index (χ1v) is 6.26. The van der Waals surface area contributed by atoms with Crippen molar-refractivity contribution in [3.05, 3.63) is 28.2 Å². The first-order valence-electron chi connectivity index (χ1n) is 5.46. The topological polar surface area (TPSA) is 64.3 Å². The van der Waals surface area contributed by atoms with E-state index in [1.165, 1.54) is 0 Å². The van der Waals surface area contributed by atoms with Gasteiger partial charge in [-0.1, -0.05) is 6.07 Å². The van der Waals surface area contributed by atoms with Gasteiger partial charge in [0, 0.05) is 19.5 Å². The van der Waals surface area contributed by atoms with Crippen LogP contribution in [0.15, 0.2) is 22.7 Å². The first-order chi connectivity index (χ1) is 8.17. The molecule has 0 aliphatic heterocycles. The Bertz CT molecular complexity index is 383. The number of rotatable bonds is 6.